The topological polar surface area (TPSA) is 58.6 Å². The van der Waals surface area contributed by atoms with Gasteiger partial charge in [0.05, 0.1) is 7.11 Å². The van der Waals surface area contributed by atoms with Crippen LogP contribution in [0.2, 0.25) is 0 Å². The minimum atomic E-state index is -0.483. The Labute approximate surface area is 116 Å². The molecule has 5 nitrogen and oxygen atoms in total. The van der Waals surface area contributed by atoms with E-state index in [0.29, 0.717) is 19.5 Å². The van der Waals surface area contributed by atoms with Crippen molar-refractivity contribution in [3.05, 3.63) is 35.6 Å². The first-order chi connectivity index (χ1) is 9.61. The average Bonchev–Trinajstić information content (AvgIpc) is 2.95. The highest BCUT2D eigenvalue weighted by molar-refractivity contribution is 5.86. The molecule has 0 aromatic heterocycles. The number of carbonyl (C=O) groups is 2. The maximum atomic E-state index is 12.8. The van der Waals surface area contributed by atoms with Crippen LogP contribution in [0.3, 0.4) is 0 Å². The summed E-state index contributed by atoms with van der Waals surface area (Å²) in [5.74, 6) is -0.523. The zero-order chi connectivity index (χ0) is 14.5. The Kier molecular flexibility index (Phi) is 4.55. The summed E-state index contributed by atoms with van der Waals surface area (Å²) < 4.78 is 17.4. The lowest BCUT2D eigenvalue weighted by atomic mass is 10.2. The molecule has 2 rings (SSSR count). The van der Waals surface area contributed by atoms with E-state index < -0.39 is 12.1 Å². The maximum Gasteiger partial charge on any atom is 0.410 e. The molecular formula is C14H17FN2O3. The third-order valence-electron chi connectivity index (χ3n) is 3.34. The first-order valence-corrected chi connectivity index (χ1v) is 6.48. The molecule has 1 aromatic rings. The van der Waals surface area contributed by atoms with Crippen LogP contribution in [0, 0.1) is 5.82 Å². The molecule has 1 atom stereocenters. The van der Waals surface area contributed by atoms with Crippen LogP contribution >= 0.6 is 0 Å². The molecule has 20 heavy (non-hydrogen) atoms. The molecule has 108 valence electrons. The Morgan fingerprint density at radius 1 is 1.40 bits per heavy atom. The van der Waals surface area contributed by atoms with Crippen molar-refractivity contribution >= 4 is 12.0 Å². The Balaban J connectivity index is 1.91. The van der Waals surface area contributed by atoms with Gasteiger partial charge in [-0.25, -0.2) is 9.18 Å². The minimum Gasteiger partial charge on any atom is -0.453 e. The number of hydrogen-bond donors (Lipinski definition) is 1. The van der Waals surface area contributed by atoms with Crippen molar-refractivity contribution in [3.8, 4) is 0 Å². The minimum absolute atomic E-state index is 0.211. The van der Waals surface area contributed by atoms with Crippen LogP contribution in [-0.2, 0) is 16.1 Å². The Morgan fingerprint density at radius 3 is 2.75 bits per heavy atom. The Morgan fingerprint density at radius 2 is 2.10 bits per heavy atom. The maximum absolute atomic E-state index is 12.8. The highest BCUT2D eigenvalue weighted by atomic mass is 19.1. The summed E-state index contributed by atoms with van der Waals surface area (Å²) in [7, 11) is 1.30. The second-order valence-corrected chi connectivity index (χ2v) is 4.67. The van der Waals surface area contributed by atoms with E-state index >= 15 is 0 Å². The third-order valence-corrected chi connectivity index (χ3v) is 3.34. The number of nitrogens with one attached hydrogen (secondary N) is 1. The third kappa shape index (κ3) is 3.26. The van der Waals surface area contributed by atoms with Crippen molar-refractivity contribution < 1.29 is 18.7 Å². The monoisotopic (exact) mass is 280 g/mol. The lowest BCUT2D eigenvalue weighted by Crippen LogP contribution is -2.45. The fourth-order valence-corrected chi connectivity index (χ4v) is 2.28. The lowest BCUT2D eigenvalue weighted by molar-refractivity contribution is -0.125. The molecule has 0 saturated carbocycles. The molecule has 1 fully saturated rings. The first-order valence-electron chi connectivity index (χ1n) is 6.48. The standard InChI is InChI=1S/C14H17FN2O3/c1-20-14(19)17-8-2-3-12(17)13(18)16-9-10-4-6-11(15)7-5-10/h4-7,12H,2-3,8-9H2,1H3,(H,16,18). The van der Waals surface area contributed by atoms with Crippen LogP contribution in [0.5, 0.6) is 0 Å². The van der Waals surface area contributed by atoms with E-state index in [2.05, 4.69) is 10.1 Å². The highest BCUT2D eigenvalue weighted by Crippen LogP contribution is 2.18. The van der Waals surface area contributed by atoms with Crippen LogP contribution in [0.25, 0.3) is 0 Å². The number of benzene rings is 1. The number of carbonyl (C=O) groups excluding carboxylic acids is 2. The zero-order valence-electron chi connectivity index (χ0n) is 11.3. The number of ether oxygens (including phenoxy) is 1. The van der Waals surface area contributed by atoms with Crippen LogP contribution in [0.1, 0.15) is 18.4 Å². The van der Waals surface area contributed by atoms with Crippen molar-refractivity contribution in [2.45, 2.75) is 25.4 Å². The van der Waals surface area contributed by atoms with Gasteiger partial charge in [0.2, 0.25) is 5.91 Å². The lowest BCUT2D eigenvalue weighted by Gasteiger charge is -2.22. The predicted octanol–water partition coefficient (Wildman–Crippen LogP) is 1.67. The first kappa shape index (κ1) is 14.3. The molecule has 0 aliphatic carbocycles. The summed E-state index contributed by atoms with van der Waals surface area (Å²) in [5, 5.41) is 2.76. The number of rotatable bonds is 3. The van der Waals surface area contributed by atoms with Gasteiger partial charge in [-0.1, -0.05) is 12.1 Å². The van der Waals surface area contributed by atoms with Gasteiger partial charge >= 0.3 is 6.09 Å². The quantitative estimate of drug-likeness (QED) is 0.916. The van der Waals surface area contributed by atoms with Gasteiger partial charge in [0.1, 0.15) is 11.9 Å². The molecule has 1 saturated heterocycles. The molecule has 2 amide bonds. The van der Waals surface area contributed by atoms with Gasteiger partial charge in [0, 0.05) is 13.1 Å². The largest absolute Gasteiger partial charge is 0.453 e. The van der Waals surface area contributed by atoms with E-state index in [1.807, 2.05) is 0 Å². The van der Waals surface area contributed by atoms with Crippen LogP contribution < -0.4 is 5.32 Å². The molecule has 1 aliphatic rings. The van der Waals surface area contributed by atoms with Gasteiger partial charge in [0.15, 0.2) is 0 Å². The Hall–Kier alpha value is -2.11. The number of amides is 2. The number of halogens is 1. The number of nitrogens with zero attached hydrogens (tertiary/aromatic N) is 1. The Bertz CT molecular complexity index is 490. The van der Waals surface area contributed by atoms with Crippen molar-refractivity contribution in [2.24, 2.45) is 0 Å². The van der Waals surface area contributed by atoms with E-state index in [0.717, 1.165) is 12.0 Å². The van der Waals surface area contributed by atoms with E-state index in [9.17, 15) is 14.0 Å². The van der Waals surface area contributed by atoms with Gasteiger partial charge in [-0.3, -0.25) is 9.69 Å². The molecule has 0 bridgehead atoms. The second kappa shape index (κ2) is 6.36. The van der Waals surface area contributed by atoms with E-state index in [-0.39, 0.29) is 11.7 Å². The summed E-state index contributed by atoms with van der Waals surface area (Å²) >= 11 is 0. The van der Waals surface area contributed by atoms with Gasteiger partial charge in [0.25, 0.3) is 0 Å². The fourth-order valence-electron chi connectivity index (χ4n) is 2.28. The van der Waals surface area contributed by atoms with E-state index in [1.165, 1.54) is 24.1 Å². The van der Waals surface area contributed by atoms with Crippen molar-refractivity contribution in [3.63, 3.8) is 0 Å². The second-order valence-electron chi connectivity index (χ2n) is 4.67. The SMILES string of the molecule is COC(=O)N1CCCC1C(=O)NCc1ccc(F)cc1. The average molecular weight is 280 g/mol. The number of hydrogen-bond acceptors (Lipinski definition) is 3. The summed E-state index contributed by atoms with van der Waals surface area (Å²) in [6.45, 7) is 0.839. The molecule has 1 unspecified atom stereocenters. The summed E-state index contributed by atoms with van der Waals surface area (Å²) in [6.07, 6.45) is 0.929. The van der Waals surface area contributed by atoms with Gasteiger partial charge < -0.3 is 10.1 Å². The molecule has 0 radical (unpaired) electrons. The van der Waals surface area contributed by atoms with Gasteiger partial charge in [-0.2, -0.15) is 0 Å². The molecule has 1 aliphatic heterocycles. The predicted molar refractivity (Wildman–Crippen MR) is 70.4 cm³/mol. The summed E-state index contributed by atoms with van der Waals surface area (Å²) in [5.41, 5.74) is 0.808. The number of likely N-dealkylation sites (tertiary alicyclic amines) is 1. The molecule has 1 N–H and O–H groups in total. The van der Waals surface area contributed by atoms with Crippen LogP contribution in [0.15, 0.2) is 24.3 Å². The van der Waals surface area contributed by atoms with Crippen LogP contribution in [-0.4, -0.2) is 36.6 Å². The highest BCUT2D eigenvalue weighted by Gasteiger charge is 2.34. The molecular weight excluding hydrogens is 263 g/mol. The van der Waals surface area contributed by atoms with Crippen molar-refractivity contribution in [2.75, 3.05) is 13.7 Å². The summed E-state index contributed by atoms with van der Waals surface area (Å²) in [4.78, 5) is 25.0. The van der Waals surface area contributed by atoms with Gasteiger partial charge in [-0.15, -0.1) is 0 Å². The molecule has 1 aromatic carbocycles. The van der Waals surface area contributed by atoms with E-state index in [4.69, 9.17) is 0 Å². The van der Waals surface area contributed by atoms with Crippen molar-refractivity contribution in [1.29, 1.82) is 0 Å². The van der Waals surface area contributed by atoms with Crippen LogP contribution in [0.4, 0.5) is 9.18 Å². The number of methoxy groups -OCH3 is 1. The zero-order valence-corrected chi connectivity index (χ0v) is 11.3. The summed E-state index contributed by atoms with van der Waals surface area (Å²) in [6, 6.07) is 5.43. The van der Waals surface area contributed by atoms with E-state index in [1.54, 1.807) is 12.1 Å². The molecule has 0 spiro atoms. The normalized spacial score (nSPS) is 17.9. The van der Waals surface area contributed by atoms with Crippen molar-refractivity contribution in [1.82, 2.24) is 10.2 Å². The fraction of sp³-hybridized carbons (Fsp3) is 0.429. The van der Waals surface area contributed by atoms with Gasteiger partial charge in [-0.05, 0) is 30.5 Å². The molecule has 6 heteroatoms. The smallest absolute Gasteiger partial charge is 0.410 e. The molecule has 1 heterocycles.